The van der Waals surface area contributed by atoms with E-state index >= 15 is 0 Å². The number of amides is 1. The molecule has 29 heavy (non-hydrogen) atoms. The van der Waals surface area contributed by atoms with Crippen molar-refractivity contribution in [2.24, 2.45) is 5.14 Å². The van der Waals surface area contributed by atoms with E-state index in [1.54, 1.807) is 12.1 Å². The summed E-state index contributed by atoms with van der Waals surface area (Å²) in [6, 6.07) is 14.2. The first-order valence-corrected chi connectivity index (χ1v) is 11.1. The lowest BCUT2D eigenvalue weighted by molar-refractivity contribution is -0.682. The average molecular weight is 420 g/mol. The number of hydrogen-bond acceptors (Lipinski definition) is 5. The Labute approximate surface area is 171 Å². The zero-order valence-electron chi connectivity index (χ0n) is 16.4. The molecule has 3 rings (SSSR count). The SMILES string of the molecule is C[C@H]([NH2+]CC(=O)Nc1ccc(N2CCOCC2)cc1)c1ccc(S(N)(=O)=O)cc1. The standard InChI is InChI=1S/C20H26N4O4S/c1-15(16-2-8-19(9-3-16)29(21,26)27)22-14-20(25)23-17-4-6-18(7-5-17)24-10-12-28-13-11-24/h2-9,15,22H,10-14H2,1H3,(H,23,25)(H2,21,26,27)/p+1/t15-/m0/s1. The normalized spacial score (nSPS) is 15.7. The number of hydrogen-bond donors (Lipinski definition) is 3. The molecule has 1 aliphatic heterocycles. The number of carbonyl (C=O) groups excluding carboxylic acids is 1. The molecule has 0 saturated carbocycles. The summed E-state index contributed by atoms with van der Waals surface area (Å²) in [4.78, 5) is 14.6. The van der Waals surface area contributed by atoms with E-state index in [-0.39, 0.29) is 23.4 Å². The number of quaternary nitrogens is 1. The molecule has 0 radical (unpaired) electrons. The van der Waals surface area contributed by atoms with E-state index in [4.69, 9.17) is 9.88 Å². The van der Waals surface area contributed by atoms with Crippen LogP contribution < -0.4 is 20.7 Å². The van der Waals surface area contributed by atoms with E-state index in [9.17, 15) is 13.2 Å². The number of nitrogens with zero attached hydrogens (tertiary/aromatic N) is 1. The molecule has 0 unspecified atom stereocenters. The number of ether oxygens (including phenoxy) is 1. The number of nitrogens with one attached hydrogen (secondary N) is 1. The van der Waals surface area contributed by atoms with Crippen molar-refractivity contribution in [2.75, 3.05) is 43.1 Å². The first-order chi connectivity index (χ1) is 13.8. The summed E-state index contributed by atoms with van der Waals surface area (Å²) in [6.45, 7) is 5.42. The van der Waals surface area contributed by atoms with Crippen LogP contribution in [0.5, 0.6) is 0 Å². The monoisotopic (exact) mass is 419 g/mol. The number of morpholine rings is 1. The third-order valence-electron chi connectivity index (χ3n) is 4.92. The summed E-state index contributed by atoms with van der Waals surface area (Å²) in [5.41, 5.74) is 2.79. The fourth-order valence-electron chi connectivity index (χ4n) is 3.17. The minimum atomic E-state index is -3.70. The molecular formula is C20H27N4O4S+. The van der Waals surface area contributed by atoms with E-state index < -0.39 is 10.0 Å². The van der Waals surface area contributed by atoms with Gasteiger partial charge in [0.05, 0.1) is 18.1 Å². The molecule has 0 aromatic heterocycles. The van der Waals surface area contributed by atoms with Crippen LogP contribution in [-0.4, -0.2) is 47.2 Å². The van der Waals surface area contributed by atoms with Crippen LogP contribution in [0.4, 0.5) is 11.4 Å². The molecule has 8 nitrogen and oxygen atoms in total. The number of anilines is 2. The van der Waals surface area contributed by atoms with Gasteiger partial charge in [0.25, 0.3) is 5.91 Å². The first-order valence-electron chi connectivity index (χ1n) is 9.51. The summed E-state index contributed by atoms with van der Waals surface area (Å²) in [6.07, 6.45) is 0. The van der Waals surface area contributed by atoms with Crippen molar-refractivity contribution >= 4 is 27.3 Å². The van der Waals surface area contributed by atoms with Crippen LogP contribution in [0, 0.1) is 0 Å². The minimum Gasteiger partial charge on any atom is -0.378 e. The highest BCUT2D eigenvalue weighted by Crippen LogP contribution is 2.19. The van der Waals surface area contributed by atoms with Crippen molar-refractivity contribution in [3.8, 4) is 0 Å². The lowest BCUT2D eigenvalue weighted by Crippen LogP contribution is -2.86. The summed E-state index contributed by atoms with van der Waals surface area (Å²) in [5.74, 6) is -0.0999. The van der Waals surface area contributed by atoms with Gasteiger partial charge in [0.1, 0.15) is 6.04 Å². The number of benzene rings is 2. The molecule has 1 atom stereocenters. The first kappa shape index (κ1) is 21.3. The Bertz CT molecular complexity index is 924. The van der Waals surface area contributed by atoms with Gasteiger partial charge in [-0.3, -0.25) is 4.79 Å². The zero-order valence-corrected chi connectivity index (χ0v) is 17.2. The van der Waals surface area contributed by atoms with Gasteiger partial charge in [0, 0.05) is 30.0 Å². The Hall–Kier alpha value is -2.46. The minimum absolute atomic E-state index is 0.000949. The van der Waals surface area contributed by atoms with Gasteiger partial charge in [-0.25, -0.2) is 13.6 Å². The van der Waals surface area contributed by atoms with Gasteiger partial charge in [-0.05, 0) is 43.3 Å². The van der Waals surface area contributed by atoms with Crippen molar-refractivity contribution in [3.63, 3.8) is 0 Å². The topological polar surface area (TPSA) is 118 Å². The summed E-state index contributed by atoms with van der Waals surface area (Å²) < 4.78 is 28.0. The summed E-state index contributed by atoms with van der Waals surface area (Å²) in [5, 5.41) is 9.90. The summed E-state index contributed by atoms with van der Waals surface area (Å²) >= 11 is 0. The average Bonchev–Trinajstić information content (AvgIpc) is 2.73. The van der Waals surface area contributed by atoms with Crippen molar-refractivity contribution in [1.29, 1.82) is 0 Å². The van der Waals surface area contributed by atoms with Gasteiger partial charge in [-0.1, -0.05) is 12.1 Å². The number of primary sulfonamides is 1. The van der Waals surface area contributed by atoms with Gasteiger partial charge in [-0.15, -0.1) is 0 Å². The van der Waals surface area contributed by atoms with Crippen LogP contribution in [0.2, 0.25) is 0 Å². The van der Waals surface area contributed by atoms with E-state index in [0.717, 1.165) is 43.2 Å². The fourth-order valence-corrected chi connectivity index (χ4v) is 3.69. The van der Waals surface area contributed by atoms with E-state index in [1.165, 1.54) is 12.1 Å². The van der Waals surface area contributed by atoms with Gasteiger partial charge in [0.15, 0.2) is 6.54 Å². The lowest BCUT2D eigenvalue weighted by atomic mass is 10.1. The molecule has 2 aromatic rings. The highest BCUT2D eigenvalue weighted by molar-refractivity contribution is 7.89. The van der Waals surface area contributed by atoms with Crippen LogP contribution in [0.1, 0.15) is 18.5 Å². The number of nitrogens with two attached hydrogens (primary N) is 2. The maximum atomic E-state index is 12.3. The number of rotatable bonds is 7. The highest BCUT2D eigenvalue weighted by atomic mass is 32.2. The van der Waals surface area contributed by atoms with Crippen molar-refractivity contribution in [2.45, 2.75) is 17.9 Å². The highest BCUT2D eigenvalue weighted by Gasteiger charge is 2.14. The van der Waals surface area contributed by atoms with Crippen molar-refractivity contribution < 1.29 is 23.3 Å². The number of carbonyl (C=O) groups is 1. The predicted octanol–water partition coefficient (Wildman–Crippen LogP) is 0.434. The Balaban J connectivity index is 1.49. The van der Waals surface area contributed by atoms with E-state index in [1.807, 2.05) is 36.5 Å². The molecular weight excluding hydrogens is 392 g/mol. The Morgan fingerprint density at radius 3 is 2.34 bits per heavy atom. The van der Waals surface area contributed by atoms with E-state index in [0.29, 0.717) is 0 Å². The lowest BCUT2D eigenvalue weighted by Gasteiger charge is -2.28. The van der Waals surface area contributed by atoms with Crippen molar-refractivity contribution in [1.82, 2.24) is 0 Å². The predicted molar refractivity (Wildman–Crippen MR) is 111 cm³/mol. The molecule has 0 spiro atoms. The Morgan fingerprint density at radius 1 is 1.14 bits per heavy atom. The van der Waals surface area contributed by atoms with Crippen LogP contribution >= 0.6 is 0 Å². The van der Waals surface area contributed by atoms with Gasteiger partial charge < -0.3 is 20.3 Å². The molecule has 9 heteroatoms. The zero-order chi connectivity index (χ0) is 20.9. The summed E-state index contributed by atoms with van der Waals surface area (Å²) in [7, 11) is -3.70. The maximum absolute atomic E-state index is 12.3. The van der Waals surface area contributed by atoms with Gasteiger partial charge in [-0.2, -0.15) is 0 Å². The van der Waals surface area contributed by atoms with Gasteiger partial charge >= 0.3 is 0 Å². The molecule has 5 N–H and O–H groups in total. The van der Waals surface area contributed by atoms with Crippen LogP contribution in [0.15, 0.2) is 53.4 Å². The fraction of sp³-hybridized carbons (Fsp3) is 0.350. The van der Waals surface area contributed by atoms with Gasteiger partial charge in [0.2, 0.25) is 10.0 Å². The van der Waals surface area contributed by atoms with Crippen LogP contribution in [0.3, 0.4) is 0 Å². The molecule has 1 saturated heterocycles. The Kier molecular flexibility index (Phi) is 6.86. The molecule has 0 aliphatic carbocycles. The van der Waals surface area contributed by atoms with E-state index in [2.05, 4.69) is 10.2 Å². The quantitative estimate of drug-likeness (QED) is 0.602. The third-order valence-corrected chi connectivity index (χ3v) is 5.85. The molecule has 2 aromatic carbocycles. The molecule has 156 valence electrons. The molecule has 1 amide bonds. The molecule has 0 bridgehead atoms. The molecule has 1 fully saturated rings. The smallest absolute Gasteiger partial charge is 0.279 e. The second kappa shape index (κ2) is 9.36. The number of sulfonamides is 1. The van der Waals surface area contributed by atoms with Crippen molar-refractivity contribution in [3.05, 3.63) is 54.1 Å². The third kappa shape index (κ3) is 6.01. The molecule has 1 aliphatic rings. The Morgan fingerprint density at radius 2 is 1.76 bits per heavy atom. The second-order valence-electron chi connectivity index (χ2n) is 7.04. The maximum Gasteiger partial charge on any atom is 0.279 e. The largest absolute Gasteiger partial charge is 0.378 e. The molecule has 1 heterocycles. The van der Waals surface area contributed by atoms with Crippen LogP contribution in [0.25, 0.3) is 0 Å². The second-order valence-corrected chi connectivity index (χ2v) is 8.60. The van der Waals surface area contributed by atoms with Crippen LogP contribution in [-0.2, 0) is 19.6 Å².